The van der Waals surface area contributed by atoms with Gasteiger partial charge in [0.2, 0.25) is 0 Å². The molecule has 0 aliphatic carbocycles. The minimum Gasteiger partial charge on any atom is -0.382 e. The van der Waals surface area contributed by atoms with Crippen molar-refractivity contribution in [3.8, 4) is 0 Å². The monoisotopic (exact) mass is 185 g/mol. The Morgan fingerprint density at radius 1 is 1.50 bits per heavy atom. The zero-order chi connectivity index (χ0) is 9.56. The van der Waals surface area contributed by atoms with Gasteiger partial charge in [0.1, 0.15) is 0 Å². The summed E-state index contributed by atoms with van der Waals surface area (Å²) >= 11 is 5.90. The van der Waals surface area contributed by atoms with Crippen molar-refractivity contribution in [1.29, 1.82) is 0 Å². The van der Waals surface area contributed by atoms with Gasteiger partial charge in [-0.05, 0) is 32.9 Å². The molecule has 12 heavy (non-hydrogen) atoms. The largest absolute Gasteiger partial charge is 0.382 e. The SMILES string of the molecule is C=C/C(Cl)=C(\C=C/C)NC(C)C. The lowest BCUT2D eigenvalue weighted by Crippen LogP contribution is -2.21. The molecule has 0 saturated heterocycles. The summed E-state index contributed by atoms with van der Waals surface area (Å²) in [6, 6.07) is 0.380. The second-order valence-corrected chi connectivity index (χ2v) is 3.17. The number of hydrogen-bond acceptors (Lipinski definition) is 1. The van der Waals surface area contributed by atoms with Crippen LogP contribution in [0.25, 0.3) is 0 Å². The molecule has 0 atom stereocenters. The van der Waals surface area contributed by atoms with Crippen LogP contribution in [0.1, 0.15) is 20.8 Å². The molecule has 1 N–H and O–H groups in total. The van der Waals surface area contributed by atoms with Crippen molar-refractivity contribution in [3.63, 3.8) is 0 Å². The lowest BCUT2D eigenvalue weighted by atomic mass is 10.3. The Bertz CT molecular complexity index is 202. The fraction of sp³-hybridized carbons (Fsp3) is 0.400. The van der Waals surface area contributed by atoms with Crippen molar-refractivity contribution in [2.45, 2.75) is 26.8 Å². The first-order valence-corrected chi connectivity index (χ1v) is 4.41. The zero-order valence-corrected chi connectivity index (χ0v) is 8.65. The van der Waals surface area contributed by atoms with Crippen LogP contribution in [0.15, 0.2) is 35.5 Å². The second kappa shape index (κ2) is 5.90. The Balaban J connectivity index is 4.53. The van der Waals surface area contributed by atoms with E-state index in [1.807, 2.05) is 19.1 Å². The summed E-state index contributed by atoms with van der Waals surface area (Å²) in [4.78, 5) is 0. The van der Waals surface area contributed by atoms with Crippen molar-refractivity contribution in [1.82, 2.24) is 5.32 Å². The molecule has 68 valence electrons. The Labute approximate surface area is 79.8 Å². The maximum Gasteiger partial charge on any atom is 0.0631 e. The molecule has 0 heterocycles. The van der Waals surface area contributed by atoms with Gasteiger partial charge in [-0.25, -0.2) is 0 Å². The van der Waals surface area contributed by atoms with E-state index in [9.17, 15) is 0 Å². The van der Waals surface area contributed by atoms with Crippen molar-refractivity contribution in [2.24, 2.45) is 0 Å². The molecule has 0 spiro atoms. The minimum atomic E-state index is 0.380. The predicted octanol–water partition coefficient (Wildman–Crippen LogP) is 3.20. The fourth-order valence-corrected chi connectivity index (χ4v) is 0.902. The zero-order valence-electron chi connectivity index (χ0n) is 7.89. The molecule has 0 aromatic heterocycles. The van der Waals surface area contributed by atoms with Crippen LogP contribution in [0.2, 0.25) is 0 Å². The molecule has 0 radical (unpaired) electrons. The van der Waals surface area contributed by atoms with Crippen LogP contribution in [0, 0.1) is 0 Å². The first-order chi connectivity index (χ1) is 5.61. The molecule has 2 heteroatoms. The van der Waals surface area contributed by atoms with Crippen molar-refractivity contribution in [2.75, 3.05) is 0 Å². The van der Waals surface area contributed by atoms with Gasteiger partial charge in [-0.2, -0.15) is 0 Å². The molecule has 0 aromatic rings. The minimum absolute atomic E-state index is 0.380. The van der Waals surface area contributed by atoms with Crippen LogP contribution in [0.4, 0.5) is 0 Å². The van der Waals surface area contributed by atoms with Gasteiger partial charge < -0.3 is 5.32 Å². The molecule has 0 aliphatic heterocycles. The highest BCUT2D eigenvalue weighted by atomic mass is 35.5. The molecule has 0 saturated carbocycles. The first kappa shape index (κ1) is 11.3. The molecule has 0 unspecified atom stereocenters. The van der Waals surface area contributed by atoms with Gasteiger partial charge in [-0.1, -0.05) is 24.3 Å². The van der Waals surface area contributed by atoms with Crippen molar-refractivity contribution < 1.29 is 0 Å². The van der Waals surface area contributed by atoms with Crippen LogP contribution >= 0.6 is 11.6 Å². The van der Waals surface area contributed by atoms with E-state index in [1.165, 1.54) is 0 Å². The highest BCUT2D eigenvalue weighted by Gasteiger charge is 1.98. The number of hydrogen-bond donors (Lipinski definition) is 1. The van der Waals surface area contributed by atoms with Crippen LogP contribution < -0.4 is 5.32 Å². The molecule has 0 aromatic carbocycles. The smallest absolute Gasteiger partial charge is 0.0631 e. The molecule has 0 bridgehead atoms. The topological polar surface area (TPSA) is 12.0 Å². The highest BCUT2D eigenvalue weighted by molar-refractivity contribution is 6.31. The van der Waals surface area contributed by atoms with Gasteiger partial charge in [0.25, 0.3) is 0 Å². The van der Waals surface area contributed by atoms with Crippen molar-refractivity contribution >= 4 is 11.6 Å². The third kappa shape index (κ3) is 4.24. The van der Waals surface area contributed by atoms with E-state index >= 15 is 0 Å². The summed E-state index contributed by atoms with van der Waals surface area (Å²) in [6.07, 6.45) is 5.51. The predicted molar refractivity (Wildman–Crippen MR) is 56.2 cm³/mol. The van der Waals surface area contributed by atoms with E-state index in [0.29, 0.717) is 11.1 Å². The summed E-state index contributed by atoms with van der Waals surface area (Å²) < 4.78 is 0. The van der Waals surface area contributed by atoms with Gasteiger partial charge >= 0.3 is 0 Å². The Morgan fingerprint density at radius 3 is 2.42 bits per heavy atom. The summed E-state index contributed by atoms with van der Waals surface area (Å²) in [5, 5.41) is 3.88. The van der Waals surface area contributed by atoms with Gasteiger partial charge in [0, 0.05) is 6.04 Å². The summed E-state index contributed by atoms with van der Waals surface area (Å²) in [5.41, 5.74) is 0.921. The van der Waals surface area contributed by atoms with Crippen LogP contribution in [-0.2, 0) is 0 Å². The van der Waals surface area contributed by atoms with E-state index in [4.69, 9.17) is 11.6 Å². The standard InChI is InChI=1S/C10H16ClN/c1-5-7-10(9(11)6-2)12-8(3)4/h5-8,12H,2H2,1,3-4H3/b7-5-,10-9-. The summed E-state index contributed by atoms with van der Waals surface area (Å²) in [6.45, 7) is 9.69. The lowest BCUT2D eigenvalue weighted by molar-refractivity contribution is 0.680. The molecule has 0 aliphatic rings. The van der Waals surface area contributed by atoms with Crippen LogP contribution in [0.3, 0.4) is 0 Å². The fourth-order valence-electron chi connectivity index (χ4n) is 0.784. The number of allylic oxidation sites excluding steroid dienone is 4. The van der Waals surface area contributed by atoms with Crippen molar-refractivity contribution in [3.05, 3.63) is 35.5 Å². The maximum absolute atomic E-state index is 5.90. The molecule has 0 rings (SSSR count). The van der Waals surface area contributed by atoms with E-state index in [1.54, 1.807) is 6.08 Å². The van der Waals surface area contributed by atoms with Gasteiger partial charge in [-0.15, -0.1) is 0 Å². The van der Waals surface area contributed by atoms with Crippen LogP contribution in [-0.4, -0.2) is 6.04 Å². The third-order valence-electron chi connectivity index (χ3n) is 1.21. The summed E-state index contributed by atoms with van der Waals surface area (Å²) in [5.74, 6) is 0. The second-order valence-electron chi connectivity index (χ2n) is 2.76. The molecular weight excluding hydrogens is 170 g/mol. The van der Waals surface area contributed by atoms with Gasteiger partial charge in [0.05, 0.1) is 10.7 Å². The number of halogens is 1. The Kier molecular flexibility index (Phi) is 5.56. The lowest BCUT2D eigenvalue weighted by Gasteiger charge is -2.11. The Morgan fingerprint density at radius 2 is 2.08 bits per heavy atom. The normalized spacial score (nSPS) is 13.4. The van der Waals surface area contributed by atoms with E-state index in [-0.39, 0.29) is 0 Å². The van der Waals surface area contributed by atoms with Crippen LogP contribution in [0.5, 0.6) is 0 Å². The van der Waals surface area contributed by atoms with Gasteiger partial charge in [0.15, 0.2) is 0 Å². The summed E-state index contributed by atoms with van der Waals surface area (Å²) in [7, 11) is 0. The van der Waals surface area contributed by atoms with Gasteiger partial charge in [-0.3, -0.25) is 0 Å². The quantitative estimate of drug-likeness (QED) is 0.664. The molecule has 0 fully saturated rings. The van der Waals surface area contributed by atoms with E-state index < -0.39 is 0 Å². The average molecular weight is 186 g/mol. The molecule has 0 amide bonds. The Hall–Kier alpha value is -0.690. The highest BCUT2D eigenvalue weighted by Crippen LogP contribution is 2.09. The van der Waals surface area contributed by atoms with E-state index in [2.05, 4.69) is 25.7 Å². The maximum atomic E-state index is 5.90. The van der Waals surface area contributed by atoms with E-state index in [0.717, 1.165) is 5.70 Å². The number of nitrogens with one attached hydrogen (secondary N) is 1. The molecule has 1 nitrogen and oxygen atoms in total. The molecular formula is C10H16ClN. The third-order valence-corrected chi connectivity index (χ3v) is 1.57. The number of rotatable bonds is 4. The average Bonchev–Trinajstić information content (AvgIpc) is 2.01. The first-order valence-electron chi connectivity index (χ1n) is 4.03.